The van der Waals surface area contributed by atoms with Gasteiger partial charge in [-0.25, -0.2) is 9.97 Å². The number of rotatable bonds is 7. The van der Waals surface area contributed by atoms with E-state index in [2.05, 4.69) is 63.4 Å². The first-order valence-electron chi connectivity index (χ1n) is 14.4. The van der Waals surface area contributed by atoms with Gasteiger partial charge in [0.1, 0.15) is 11.4 Å². The Morgan fingerprint density at radius 3 is 2.24 bits per heavy atom. The molecular formula is C34H35N7O. The number of hydrogen-bond donors (Lipinski definition) is 0. The van der Waals surface area contributed by atoms with Crippen LogP contribution in [0, 0.1) is 6.92 Å². The number of piperidine rings is 1. The van der Waals surface area contributed by atoms with Crippen LogP contribution in [0.1, 0.15) is 30.9 Å². The molecule has 5 aromatic rings. The van der Waals surface area contributed by atoms with Gasteiger partial charge >= 0.3 is 0 Å². The molecule has 1 aliphatic rings. The molecule has 0 unspecified atom stereocenters. The third-order valence-corrected chi connectivity index (χ3v) is 8.03. The van der Waals surface area contributed by atoms with Gasteiger partial charge in [-0.1, -0.05) is 72.8 Å². The number of carbonyl (C=O) groups is 1. The fourth-order valence-electron chi connectivity index (χ4n) is 5.81. The molecule has 2 aromatic heterocycles. The van der Waals surface area contributed by atoms with Crippen molar-refractivity contribution in [1.82, 2.24) is 29.6 Å². The lowest BCUT2D eigenvalue weighted by Crippen LogP contribution is -2.47. The van der Waals surface area contributed by atoms with Gasteiger partial charge in [-0.05, 0) is 37.0 Å². The summed E-state index contributed by atoms with van der Waals surface area (Å²) in [5.74, 6) is 1.28. The van der Waals surface area contributed by atoms with Crippen molar-refractivity contribution >= 4 is 11.6 Å². The molecule has 0 radical (unpaired) electrons. The number of carbonyl (C=O) groups excluding carboxylic acids is 1. The first kappa shape index (κ1) is 27.5. The van der Waals surface area contributed by atoms with Crippen LogP contribution in [0.3, 0.4) is 0 Å². The summed E-state index contributed by atoms with van der Waals surface area (Å²) in [4.78, 5) is 26.5. The molecule has 8 heteroatoms. The fraction of sp³-hybridized carbons (Fsp3) is 0.265. The van der Waals surface area contributed by atoms with Crippen molar-refractivity contribution in [3.63, 3.8) is 0 Å². The van der Waals surface area contributed by atoms with Crippen LogP contribution in [0.15, 0.2) is 91.3 Å². The highest BCUT2D eigenvalue weighted by Gasteiger charge is 2.28. The van der Waals surface area contributed by atoms with Crippen molar-refractivity contribution in [3.05, 3.63) is 102 Å². The fourth-order valence-corrected chi connectivity index (χ4v) is 5.81. The maximum atomic E-state index is 12.6. The van der Waals surface area contributed by atoms with Crippen LogP contribution in [0.5, 0.6) is 0 Å². The van der Waals surface area contributed by atoms with Crippen LogP contribution in [-0.2, 0) is 18.4 Å². The van der Waals surface area contributed by atoms with E-state index in [-0.39, 0.29) is 11.9 Å². The Morgan fingerprint density at radius 1 is 0.881 bits per heavy atom. The first-order chi connectivity index (χ1) is 20.5. The second-order valence-corrected chi connectivity index (χ2v) is 10.9. The van der Waals surface area contributed by atoms with Gasteiger partial charge in [-0.3, -0.25) is 9.69 Å². The largest absolute Gasteiger partial charge is 0.331 e. The highest BCUT2D eigenvalue weighted by molar-refractivity contribution is 5.93. The quantitative estimate of drug-likeness (QED) is 0.247. The molecule has 0 aliphatic carbocycles. The number of para-hydroxylation sites is 1. The highest BCUT2D eigenvalue weighted by Crippen LogP contribution is 2.31. The van der Waals surface area contributed by atoms with E-state index < -0.39 is 0 Å². The van der Waals surface area contributed by atoms with Crippen molar-refractivity contribution in [2.45, 2.75) is 39.3 Å². The zero-order valence-electron chi connectivity index (χ0n) is 24.3. The molecule has 0 bridgehead atoms. The Hall–Kier alpha value is -4.69. The Labute approximate surface area is 246 Å². The minimum atomic E-state index is 0.110. The predicted molar refractivity (Wildman–Crippen MR) is 166 cm³/mol. The van der Waals surface area contributed by atoms with Gasteiger partial charge < -0.3 is 9.47 Å². The molecule has 212 valence electrons. The summed E-state index contributed by atoms with van der Waals surface area (Å²) in [5.41, 5.74) is 6.88. The number of nitrogens with zero attached hydrogens (tertiary/aromatic N) is 7. The van der Waals surface area contributed by atoms with Crippen LogP contribution in [0.4, 0.5) is 5.69 Å². The molecule has 0 N–H and O–H groups in total. The van der Waals surface area contributed by atoms with Crippen molar-refractivity contribution in [2.24, 2.45) is 7.05 Å². The predicted octanol–water partition coefficient (Wildman–Crippen LogP) is 5.93. The first-order valence-corrected chi connectivity index (χ1v) is 14.4. The minimum Gasteiger partial charge on any atom is -0.331 e. The normalized spacial score (nSPS) is 14.2. The zero-order valence-corrected chi connectivity index (χ0v) is 24.3. The Balaban J connectivity index is 1.19. The number of aryl methyl sites for hydroxylation is 2. The van der Waals surface area contributed by atoms with E-state index in [0.29, 0.717) is 11.6 Å². The topological polar surface area (TPSA) is 80.0 Å². The molecule has 0 saturated carbocycles. The number of imidazole rings is 1. The van der Waals surface area contributed by atoms with E-state index in [4.69, 9.17) is 4.98 Å². The van der Waals surface area contributed by atoms with Gasteiger partial charge in [-0.2, -0.15) is 0 Å². The van der Waals surface area contributed by atoms with E-state index in [0.717, 1.165) is 66.2 Å². The van der Waals surface area contributed by atoms with Gasteiger partial charge in [0.05, 0.1) is 0 Å². The summed E-state index contributed by atoms with van der Waals surface area (Å²) in [7, 11) is 1.93. The van der Waals surface area contributed by atoms with Crippen LogP contribution >= 0.6 is 0 Å². The average Bonchev–Trinajstić information content (AvgIpc) is 3.45. The van der Waals surface area contributed by atoms with Gasteiger partial charge in [0.2, 0.25) is 11.7 Å². The second-order valence-electron chi connectivity index (χ2n) is 10.9. The van der Waals surface area contributed by atoms with E-state index >= 15 is 0 Å². The van der Waals surface area contributed by atoms with Gasteiger partial charge in [0, 0.05) is 68.9 Å². The van der Waals surface area contributed by atoms with Gasteiger partial charge in [0.15, 0.2) is 5.82 Å². The summed E-state index contributed by atoms with van der Waals surface area (Å²) in [5, 5.41) is 9.01. The average molecular weight is 558 g/mol. The van der Waals surface area contributed by atoms with Crippen molar-refractivity contribution in [3.8, 4) is 34.2 Å². The second kappa shape index (κ2) is 12.0. The lowest BCUT2D eigenvalue weighted by Gasteiger charge is -2.38. The third-order valence-electron chi connectivity index (χ3n) is 8.03. The molecule has 1 amide bonds. The molecule has 1 saturated heterocycles. The van der Waals surface area contributed by atoms with Gasteiger partial charge in [-0.15, -0.1) is 10.2 Å². The van der Waals surface area contributed by atoms with Crippen molar-refractivity contribution in [1.29, 1.82) is 0 Å². The molecule has 1 aliphatic heterocycles. The molecular weight excluding hydrogens is 522 g/mol. The van der Waals surface area contributed by atoms with E-state index in [1.807, 2.05) is 65.2 Å². The van der Waals surface area contributed by atoms with E-state index in [1.165, 1.54) is 5.56 Å². The summed E-state index contributed by atoms with van der Waals surface area (Å²) in [6.07, 6.45) is 5.52. The summed E-state index contributed by atoms with van der Waals surface area (Å²) < 4.78 is 1.89. The van der Waals surface area contributed by atoms with Crippen molar-refractivity contribution in [2.75, 3.05) is 18.0 Å². The van der Waals surface area contributed by atoms with Crippen LogP contribution < -0.4 is 4.90 Å². The lowest BCUT2D eigenvalue weighted by molar-refractivity contribution is -0.117. The SMILES string of the molecule is CC(=O)N(c1ccccc1C)C1CCN(Cc2ccc(-c3nc(-c4nccn4C)nnc3-c3ccccc3)cc2)CC1. The number of benzene rings is 3. The molecule has 6 rings (SSSR count). The highest BCUT2D eigenvalue weighted by atomic mass is 16.2. The van der Waals surface area contributed by atoms with Crippen molar-refractivity contribution < 1.29 is 4.79 Å². The molecule has 0 atom stereocenters. The molecule has 42 heavy (non-hydrogen) atoms. The monoisotopic (exact) mass is 557 g/mol. The number of aromatic nitrogens is 5. The molecule has 8 nitrogen and oxygen atoms in total. The smallest absolute Gasteiger partial charge is 0.224 e. The molecule has 1 fully saturated rings. The molecule has 0 spiro atoms. The Kier molecular flexibility index (Phi) is 7.88. The van der Waals surface area contributed by atoms with Gasteiger partial charge in [0.25, 0.3) is 0 Å². The number of likely N-dealkylation sites (tertiary alicyclic amines) is 1. The Bertz CT molecular complexity index is 1670. The summed E-state index contributed by atoms with van der Waals surface area (Å²) in [6.45, 7) is 6.51. The van der Waals surface area contributed by atoms with E-state index in [9.17, 15) is 4.79 Å². The zero-order chi connectivity index (χ0) is 29.1. The number of hydrogen-bond acceptors (Lipinski definition) is 6. The maximum absolute atomic E-state index is 12.6. The lowest BCUT2D eigenvalue weighted by atomic mass is 9.99. The summed E-state index contributed by atoms with van der Waals surface area (Å²) in [6, 6.07) is 27.0. The maximum Gasteiger partial charge on any atom is 0.224 e. The minimum absolute atomic E-state index is 0.110. The van der Waals surface area contributed by atoms with E-state index in [1.54, 1.807) is 13.1 Å². The van der Waals surface area contributed by atoms with Crippen LogP contribution in [0.2, 0.25) is 0 Å². The van der Waals surface area contributed by atoms with Crippen LogP contribution in [0.25, 0.3) is 34.2 Å². The molecule has 3 aromatic carbocycles. The van der Waals surface area contributed by atoms with Crippen LogP contribution in [-0.4, -0.2) is 54.7 Å². The standard InChI is InChI=1S/C34H35N7O/c1-24-9-7-8-12-30(24)41(25(2)42)29-17-20-40(21-18-29)23-26-13-15-28(16-14-26)31-32(27-10-5-4-6-11-27)37-38-33(36-31)34-35-19-22-39(34)3/h4-16,19,22,29H,17-18,20-21,23H2,1-3H3. The number of anilines is 1. The molecule has 3 heterocycles. The Morgan fingerprint density at radius 2 is 1.57 bits per heavy atom. The summed E-state index contributed by atoms with van der Waals surface area (Å²) >= 11 is 0. The number of amides is 1. The third kappa shape index (κ3) is 5.71.